The van der Waals surface area contributed by atoms with Crippen molar-refractivity contribution in [1.29, 1.82) is 0 Å². The molecule has 0 aliphatic carbocycles. The van der Waals surface area contributed by atoms with Gasteiger partial charge in [-0.25, -0.2) is 4.79 Å². The standard InChI is InChI=1S/C18H20N2O6/c1-4-26-18(22)16-12(2)19(9-10-25-3)17(21)15(16)11-13-5-7-14(8-6-13)20(23)24/h5-8,11H,4,9-10H2,1-3H3/b15-11-. The number of esters is 1. The van der Waals surface area contributed by atoms with Crippen molar-refractivity contribution < 1.29 is 24.0 Å². The maximum Gasteiger partial charge on any atom is 0.340 e. The van der Waals surface area contributed by atoms with Gasteiger partial charge in [0.15, 0.2) is 0 Å². The molecule has 0 saturated carbocycles. The molecule has 1 aromatic rings. The van der Waals surface area contributed by atoms with Gasteiger partial charge < -0.3 is 14.4 Å². The van der Waals surface area contributed by atoms with Crippen LogP contribution in [0.15, 0.2) is 41.1 Å². The molecule has 1 heterocycles. The van der Waals surface area contributed by atoms with Gasteiger partial charge in [0.2, 0.25) is 0 Å². The van der Waals surface area contributed by atoms with Gasteiger partial charge in [-0.15, -0.1) is 0 Å². The molecule has 0 radical (unpaired) electrons. The van der Waals surface area contributed by atoms with Crippen LogP contribution in [-0.2, 0) is 19.1 Å². The summed E-state index contributed by atoms with van der Waals surface area (Å²) in [6, 6.07) is 5.73. The minimum Gasteiger partial charge on any atom is -0.462 e. The van der Waals surface area contributed by atoms with E-state index in [2.05, 4.69) is 0 Å². The minimum absolute atomic E-state index is 0.0519. The number of ether oxygens (including phenoxy) is 2. The molecule has 1 aliphatic rings. The molecular weight excluding hydrogens is 340 g/mol. The number of hydrogen-bond acceptors (Lipinski definition) is 6. The maximum absolute atomic E-state index is 12.8. The third-order valence-corrected chi connectivity index (χ3v) is 3.93. The number of methoxy groups -OCH3 is 1. The smallest absolute Gasteiger partial charge is 0.340 e. The van der Waals surface area contributed by atoms with E-state index >= 15 is 0 Å². The zero-order chi connectivity index (χ0) is 19.3. The van der Waals surface area contributed by atoms with Crippen LogP contribution in [0.3, 0.4) is 0 Å². The van der Waals surface area contributed by atoms with Crippen molar-refractivity contribution in [3.8, 4) is 0 Å². The van der Waals surface area contributed by atoms with Crippen LogP contribution in [0.1, 0.15) is 19.4 Å². The van der Waals surface area contributed by atoms with Crippen LogP contribution in [0.4, 0.5) is 5.69 Å². The van der Waals surface area contributed by atoms with Crippen molar-refractivity contribution in [3.05, 3.63) is 56.8 Å². The lowest BCUT2D eigenvalue weighted by Gasteiger charge is -2.16. The first kappa shape index (κ1) is 19.3. The maximum atomic E-state index is 12.8. The number of nitro groups is 1. The number of nitrogens with zero attached hydrogens (tertiary/aromatic N) is 2. The summed E-state index contributed by atoms with van der Waals surface area (Å²) in [5.74, 6) is -0.910. The fraction of sp³-hybridized carbons (Fsp3) is 0.333. The zero-order valence-electron chi connectivity index (χ0n) is 14.9. The molecule has 26 heavy (non-hydrogen) atoms. The van der Waals surface area contributed by atoms with Gasteiger partial charge in [-0.3, -0.25) is 14.9 Å². The Morgan fingerprint density at radius 2 is 1.96 bits per heavy atom. The molecule has 8 nitrogen and oxygen atoms in total. The third-order valence-electron chi connectivity index (χ3n) is 3.93. The second-order valence-electron chi connectivity index (χ2n) is 5.54. The number of carbonyl (C=O) groups is 2. The van der Waals surface area contributed by atoms with E-state index in [0.717, 1.165) is 0 Å². The Bertz CT molecular complexity index is 779. The summed E-state index contributed by atoms with van der Waals surface area (Å²) in [6.07, 6.45) is 1.54. The lowest BCUT2D eigenvalue weighted by molar-refractivity contribution is -0.384. The molecule has 0 unspecified atom stereocenters. The fourth-order valence-corrected chi connectivity index (χ4v) is 2.64. The molecule has 0 atom stereocenters. The molecule has 8 heteroatoms. The Hall–Kier alpha value is -3.00. The SMILES string of the molecule is CCOC(=O)C1=C(C)N(CCOC)C(=O)/C1=C\c1ccc([N+](=O)[O-])cc1. The average molecular weight is 360 g/mol. The van der Waals surface area contributed by atoms with Crippen molar-refractivity contribution in [2.24, 2.45) is 0 Å². The monoisotopic (exact) mass is 360 g/mol. The number of benzene rings is 1. The third kappa shape index (κ3) is 3.97. The number of hydrogen-bond donors (Lipinski definition) is 0. The minimum atomic E-state index is -0.577. The van der Waals surface area contributed by atoms with Crippen LogP contribution in [0.5, 0.6) is 0 Å². The zero-order valence-corrected chi connectivity index (χ0v) is 14.9. The quantitative estimate of drug-likeness (QED) is 0.320. The van der Waals surface area contributed by atoms with Crippen molar-refractivity contribution in [3.63, 3.8) is 0 Å². The molecule has 0 fully saturated rings. The Morgan fingerprint density at radius 1 is 1.31 bits per heavy atom. The number of allylic oxidation sites excluding steroid dienone is 1. The highest BCUT2D eigenvalue weighted by molar-refractivity contribution is 6.16. The number of amides is 1. The lowest BCUT2D eigenvalue weighted by Crippen LogP contribution is -2.28. The highest BCUT2D eigenvalue weighted by Gasteiger charge is 2.36. The van der Waals surface area contributed by atoms with Gasteiger partial charge >= 0.3 is 5.97 Å². The van der Waals surface area contributed by atoms with Gasteiger partial charge in [0.25, 0.3) is 11.6 Å². The molecule has 0 bridgehead atoms. The Labute approximate surface area is 150 Å². The Balaban J connectivity index is 2.44. The van der Waals surface area contributed by atoms with Crippen LogP contribution >= 0.6 is 0 Å². The van der Waals surface area contributed by atoms with Crippen LogP contribution < -0.4 is 0 Å². The summed E-state index contributed by atoms with van der Waals surface area (Å²) in [5, 5.41) is 10.8. The van der Waals surface area contributed by atoms with Gasteiger partial charge in [-0.1, -0.05) is 0 Å². The number of non-ortho nitro benzene ring substituents is 1. The van der Waals surface area contributed by atoms with Crippen molar-refractivity contribution in [1.82, 2.24) is 4.90 Å². The Morgan fingerprint density at radius 3 is 2.50 bits per heavy atom. The van der Waals surface area contributed by atoms with Crippen molar-refractivity contribution in [2.75, 3.05) is 26.9 Å². The van der Waals surface area contributed by atoms with Gasteiger partial charge in [-0.05, 0) is 37.6 Å². The first-order valence-electron chi connectivity index (χ1n) is 8.06. The molecule has 1 aromatic carbocycles. The van der Waals surface area contributed by atoms with E-state index in [0.29, 0.717) is 24.4 Å². The van der Waals surface area contributed by atoms with E-state index in [1.165, 1.54) is 42.4 Å². The summed E-state index contributed by atoms with van der Waals surface area (Å²) >= 11 is 0. The van der Waals surface area contributed by atoms with Gasteiger partial charge in [-0.2, -0.15) is 0 Å². The average Bonchev–Trinajstić information content (AvgIpc) is 2.84. The molecule has 1 aliphatic heterocycles. The second-order valence-corrected chi connectivity index (χ2v) is 5.54. The first-order valence-corrected chi connectivity index (χ1v) is 8.06. The summed E-state index contributed by atoms with van der Waals surface area (Å²) in [5.41, 5.74) is 1.42. The lowest BCUT2D eigenvalue weighted by atomic mass is 10.0. The van der Waals surface area contributed by atoms with Gasteiger partial charge in [0.05, 0.1) is 29.3 Å². The second kappa shape index (κ2) is 8.39. The summed E-state index contributed by atoms with van der Waals surface area (Å²) in [7, 11) is 1.53. The van der Waals surface area contributed by atoms with E-state index in [1.54, 1.807) is 13.8 Å². The molecule has 0 aromatic heterocycles. The largest absolute Gasteiger partial charge is 0.462 e. The number of nitro benzene ring substituents is 1. The fourth-order valence-electron chi connectivity index (χ4n) is 2.64. The van der Waals surface area contributed by atoms with Crippen molar-refractivity contribution >= 4 is 23.6 Å². The van der Waals surface area contributed by atoms with Gasteiger partial charge in [0.1, 0.15) is 0 Å². The van der Waals surface area contributed by atoms with Crippen molar-refractivity contribution in [2.45, 2.75) is 13.8 Å². The van der Waals surface area contributed by atoms with E-state index in [-0.39, 0.29) is 29.3 Å². The summed E-state index contributed by atoms with van der Waals surface area (Å²) in [4.78, 5) is 36.8. The highest BCUT2D eigenvalue weighted by Crippen LogP contribution is 2.31. The van der Waals surface area contributed by atoms with E-state index in [9.17, 15) is 19.7 Å². The molecule has 0 spiro atoms. The molecular formula is C18H20N2O6. The summed E-state index contributed by atoms with van der Waals surface area (Å²) < 4.78 is 10.1. The van der Waals surface area contributed by atoms with Crippen LogP contribution in [0, 0.1) is 10.1 Å². The van der Waals surface area contributed by atoms with Crippen LogP contribution in [0.2, 0.25) is 0 Å². The van der Waals surface area contributed by atoms with Crippen LogP contribution in [0.25, 0.3) is 6.08 Å². The van der Waals surface area contributed by atoms with Crippen LogP contribution in [-0.4, -0.2) is 48.6 Å². The topological polar surface area (TPSA) is 99.0 Å². The highest BCUT2D eigenvalue weighted by atomic mass is 16.6. The normalized spacial score (nSPS) is 15.7. The van der Waals surface area contributed by atoms with E-state index in [1.807, 2.05) is 0 Å². The predicted molar refractivity (Wildman–Crippen MR) is 94.0 cm³/mol. The molecule has 0 saturated heterocycles. The van der Waals surface area contributed by atoms with E-state index in [4.69, 9.17) is 9.47 Å². The molecule has 0 N–H and O–H groups in total. The number of rotatable bonds is 7. The first-order chi connectivity index (χ1) is 12.4. The number of carbonyl (C=O) groups excluding carboxylic acids is 2. The summed E-state index contributed by atoms with van der Waals surface area (Å²) in [6.45, 7) is 4.18. The Kier molecular flexibility index (Phi) is 6.24. The van der Waals surface area contributed by atoms with Gasteiger partial charge in [0, 0.05) is 31.5 Å². The molecule has 138 valence electrons. The molecule has 2 rings (SSSR count). The molecule has 1 amide bonds. The predicted octanol–water partition coefficient (Wildman–Crippen LogP) is 2.30. The van der Waals surface area contributed by atoms with E-state index < -0.39 is 10.9 Å².